The molecule has 0 amide bonds. The van der Waals surface area contributed by atoms with Crippen LogP contribution in [0.25, 0.3) is 22.3 Å². The Labute approximate surface area is 151 Å². The van der Waals surface area contributed by atoms with Gasteiger partial charge in [0, 0.05) is 17.7 Å². The monoisotopic (exact) mass is 406 g/mol. The Morgan fingerprint density at radius 2 is 1.68 bits per heavy atom. The average molecular weight is 406 g/mol. The number of pyridine rings is 1. The Kier molecular flexibility index (Phi) is 4.83. The molecule has 0 aliphatic carbocycles. The van der Waals surface area contributed by atoms with Gasteiger partial charge in [-0.15, -0.1) is 0 Å². The lowest BCUT2D eigenvalue weighted by Gasteiger charge is -2.19. The van der Waals surface area contributed by atoms with Gasteiger partial charge in [-0.1, -0.05) is 0 Å². The molecule has 1 atom stereocenters. The molecule has 1 aromatic carbocycles. The van der Waals surface area contributed by atoms with Crippen molar-refractivity contribution in [3.8, 4) is 11.1 Å². The lowest BCUT2D eigenvalue weighted by atomic mass is 9.94. The molecule has 5 nitrogen and oxygen atoms in total. The molecule has 3 N–H and O–H groups in total. The van der Waals surface area contributed by atoms with E-state index in [0.717, 1.165) is 0 Å². The number of hydrogen-bond donors (Lipinski definition) is 2. The fourth-order valence-electron chi connectivity index (χ4n) is 2.66. The number of aromatic amines is 1. The number of rotatable bonds is 3. The highest BCUT2D eigenvalue weighted by molar-refractivity contribution is 5.84. The summed E-state index contributed by atoms with van der Waals surface area (Å²) in [5.74, 6) is -6.05. The van der Waals surface area contributed by atoms with Crippen LogP contribution in [0.2, 0.25) is 0 Å². The van der Waals surface area contributed by atoms with Gasteiger partial charge in [-0.05, 0) is 12.0 Å². The third-order valence-electron chi connectivity index (χ3n) is 3.89. The van der Waals surface area contributed by atoms with E-state index >= 15 is 0 Å². The number of aromatic nitrogens is 3. The standard InChI is InChI=1S/C16H9F7N4O/c17-5-1-7(18)12(8(19)2-5)11-6(3-9(24)16(21,22)23)13-15(27-14(11)20)25-4-10(28)26-13/h1-2,4,9H,3,24H2,(H,26,28). The molecular formula is C16H9F7N4O. The summed E-state index contributed by atoms with van der Waals surface area (Å²) in [6.07, 6.45) is -5.40. The van der Waals surface area contributed by atoms with Crippen molar-refractivity contribution in [2.75, 3.05) is 0 Å². The molecule has 3 aromatic rings. The molecule has 0 saturated heterocycles. The van der Waals surface area contributed by atoms with Crippen LogP contribution in [0.15, 0.2) is 23.1 Å². The van der Waals surface area contributed by atoms with Gasteiger partial charge in [0.1, 0.15) is 23.5 Å². The predicted molar refractivity (Wildman–Crippen MR) is 83.2 cm³/mol. The van der Waals surface area contributed by atoms with Gasteiger partial charge in [0.05, 0.1) is 17.3 Å². The highest BCUT2D eigenvalue weighted by Crippen LogP contribution is 2.36. The number of alkyl halides is 3. The molecule has 0 radical (unpaired) electrons. The number of hydrogen-bond acceptors (Lipinski definition) is 4. The van der Waals surface area contributed by atoms with Crippen LogP contribution in [0.1, 0.15) is 5.56 Å². The van der Waals surface area contributed by atoms with Crippen LogP contribution < -0.4 is 11.3 Å². The van der Waals surface area contributed by atoms with E-state index in [0.29, 0.717) is 6.20 Å². The van der Waals surface area contributed by atoms with E-state index in [1.807, 2.05) is 0 Å². The van der Waals surface area contributed by atoms with Crippen LogP contribution in [0.5, 0.6) is 0 Å². The molecule has 0 bridgehead atoms. The molecule has 12 heteroatoms. The Morgan fingerprint density at radius 1 is 1.07 bits per heavy atom. The molecule has 1 unspecified atom stereocenters. The molecule has 148 valence electrons. The fourth-order valence-corrected chi connectivity index (χ4v) is 2.66. The predicted octanol–water partition coefficient (Wildman–Crippen LogP) is 2.97. The lowest BCUT2D eigenvalue weighted by molar-refractivity contribution is -0.147. The smallest absolute Gasteiger partial charge is 0.320 e. The van der Waals surface area contributed by atoms with Crippen LogP contribution >= 0.6 is 0 Å². The molecular weight excluding hydrogens is 397 g/mol. The molecule has 0 spiro atoms. The number of fused-ring (bicyclic) bond motifs is 1. The van der Waals surface area contributed by atoms with Gasteiger partial charge in [-0.25, -0.2) is 18.2 Å². The van der Waals surface area contributed by atoms with Crippen LogP contribution in [0, 0.1) is 23.4 Å². The zero-order valence-electron chi connectivity index (χ0n) is 13.5. The molecule has 0 saturated carbocycles. The van der Waals surface area contributed by atoms with Crippen LogP contribution in [-0.2, 0) is 6.42 Å². The van der Waals surface area contributed by atoms with Gasteiger partial charge in [0.25, 0.3) is 5.56 Å². The maximum absolute atomic E-state index is 14.6. The molecule has 28 heavy (non-hydrogen) atoms. The molecule has 0 fully saturated rings. The summed E-state index contributed by atoms with van der Waals surface area (Å²) in [4.78, 5) is 20.5. The van der Waals surface area contributed by atoms with E-state index in [9.17, 15) is 35.5 Å². The zero-order valence-corrected chi connectivity index (χ0v) is 13.5. The third-order valence-corrected chi connectivity index (χ3v) is 3.89. The summed E-state index contributed by atoms with van der Waals surface area (Å²) in [7, 11) is 0. The molecule has 2 aromatic heterocycles. The van der Waals surface area contributed by atoms with Crippen molar-refractivity contribution in [2.45, 2.75) is 18.6 Å². The van der Waals surface area contributed by atoms with Gasteiger partial charge in [-0.2, -0.15) is 22.5 Å². The van der Waals surface area contributed by atoms with Crippen molar-refractivity contribution in [2.24, 2.45) is 5.73 Å². The van der Waals surface area contributed by atoms with Gasteiger partial charge >= 0.3 is 6.18 Å². The maximum atomic E-state index is 14.6. The van der Waals surface area contributed by atoms with Crippen LogP contribution in [0.4, 0.5) is 30.7 Å². The maximum Gasteiger partial charge on any atom is 0.403 e. The normalized spacial score (nSPS) is 13.1. The number of nitrogens with one attached hydrogen (secondary N) is 1. The minimum atomic E-state index is -4.94. The van der Waals surface area contributed by atoms with Crippen molar-refractivity contribution in [3.05, 3.63) is 57.6 Å². The first-order valence-corrected chi connectivity index (χ1v) is 7.53. The topological polar surface area (TPSA) is 84.7 Å². The van der Waals surface area contributed by atoms with Crippen molar-refractivity contribution >= 4 is 11.2 Å². The minimum Gasteiger partial charge on any atom is -0.320 e. The average Bonchev–Trinajstić information content (AvgIpc) is 2.56. The van der Waals surface area contributed by atoms with Crippen molar-refractivity contribution < 1.29 is 30.7 Å². The van der Waals surface area contributed by atoms with Gasteiger partial charge in [0.2, 0.25) is 5.95 Å². The zero-order chi connectivity index (χ0) is 20.8. The number of nitrogens with two attached hydrogens (primary N) is 1. The van der Waals surface area contributed by atoms with E-state index in [1.54, 1.807) is 0 Å². The number of halogens is 7. The summed E-state index contributed by atoms with van der Waals surface area (Å²) in [5, 5.41) is 0. The second-order valence-corrected chi connectivity index (χ2v) is 5.80. The largest absolute Gasteiger partial charge is 0.403 e. The summed E-state index contributed by atoms with van der Waals surface area (Å²) < 4.78 is 95.0. The Bertz CT molecular complexity index is 1100. The van der Waals surface area contributed by atoms with Gasteiger partial charge < -0.3 is 10.7 Å². The molecule has 3 rings (SSSR count). The first-order valence-electron chi connectivity index (χ1n) is 7.53. The molecule has 2 heterocycles. The van der Waals surface area contributed by atoms with E-state index in [1.165, 1.54) is 0 Å². The summed E-state index contributed by atoms with van der Waals surface area (Å²) in [6.45, 7) is 0. The Morgan fingerprint density at radius 3 is 2.25 bits per heavy atom. The van der Waals surface area contributed by atoms with E-state index in [2.05, 4.69) is 15.0 Å². The first-order chi connectivity index (χ1) is 13.0. The van der Waals surface area contributed by atoms with E-state index in [-0.39, 0.29) is 12.1 Å². The first kappa shape index (κ1) is 19.7. The minimum absolute atomic E-state index is 0.224. The van der Waals surface area contributed by atoms with E-state index in [4.69, 9.17) is 5.73 Å². The second kappa shape index (κ2) is 6.86. The summed E-state index contributed by atoms with van der Waals surface area (Å²) in [5.41, 5.74) is 0.363. The fraction of sp³-hybridized carbons (Fsp3) is 0.188. The quantitative estimate of drug-likeness (QED) is 0.518. The van der Waals surface area contributed by atoms with Crippen LogP contribution in [-0.4, -0.2) is 27.2 Å². The molecule has 0 aliphatic heterocycles. The summed E-state index contributed by atoms with van der Waals surface area (Å²) >= 11 is 0. The third kappa shape index (κ3) is 3.54. The number of benzene rings is 1. The van der Waals surface area contributed by atoms with E-state index < -0.39 is 75.5 Å². The highest BCUT2D eigenvalue weighted by Gasteiger charge is 2.38. The SMILES string of the molecule is NC(Cc1c(-c2c(F)cc(F)cc2F)c(F)nc2ncc(=O)[nH]c12)C(F)(F)F. The highest BCUT2D eigenvalue weighted by atomic mass is 19.4. The van der Waals surface area contributed by atoms with Crippen molar-refractivity contribution in [1.82, 2.24) is 15.0 Å². The van der Waals surface area contributed by atoms with Crippen molar-refractivity contribution in [1.29, 1.82) is 0 Å². The Hall–Kier alpha value is -3.02. The number of nitrogens with zero attached hydrogens (tertiary/aromatic N) is 2. The van der Waals surface area contributed by atoms with Gasteiger partial charge in [-0.3, -0.25) is 4.79 Å². The molecule has 0 aliphatic rings. The number of H-pyrrole nitrogens is 1. The Balaban J connectivity index is 2.41. The van der Waals surface area contributed by atoms with Crippen molar-refractivity contribution in [3.63, 3.8) is 0 Å². The van der Waals surface area contributed by atoms with Gasteiger partial charge in [0.15, 0.2) is 5.65 Å². The van der Waals surface area contributed by atoms with Crippen LogP contribution in [0.3, 0.4) is 0 Å². The summed E-state index contributed by atoms with van der Waals surface area (Å²) in [6, 6.07) is -2.12. The lowest BCUT2D eigenvalue weighted by Crippen LogP contribution is -2.39. The second-order valence-electron chi connectivity index (χ2n) is 5.80.